The first-order valence-corrected chi connectivity index (χ1v) is 6.57. The quantitative estimate of drug-likeness (QED) is 0.890. The van der Waals surface area contributed by atoms with Crippen molar-refractivity contribution < 1.29 is 18.7 Å². The normalized spacial score (nSPS) is 9.91. The average molecular weight is 302 g/mol. The number of benzene rings is 2. The second kappa shape index (κ2) is 7.21. The zero-order valence-corrected chi connectivity index (χ0v) is 11.9. The van der Waals surface area contributed by atoms with Crippen LogP contribution in [-0.4, -0.2) is 25.5 Å². The molecule has 0 fully saturated rings. The molecule has 0 aromatic heterocycles. The highest BCUT2D eigenvalue weighted by molar-refractivity contribution is 5.99. The van der Waals surface area contributed by atoms with Crippen LogP contribution in [0.4, 0.5) is 10.1 Å². The van der Waals surface area contributed by atoms with Crippen molar-refractivity contribution in [2.75, 3.05) is 19.0 Å². The molecule has 5 nitrogen and oxygen atoms in total. The first kappa shape index (κ1) is 15.5. The Balaban J connectivity index is 1.88. The number of anilines is 1. The molecule has 22 heavy (non-hydrogen) atoms. The average Bonchev–Trinajstić information content (AvgIpc) is 2.53. The van der Waals surface area contributed by atoms with Gasteiger partial charge in [-0.25, -0.2) is 4.39 Å². The zero-order chi connectivity index (χ0) is 15.9. The molecule has 0 aliphatic rings. The summed E-state index contributed by atoms with van der Waals surface area (Å²) >= 11 is 0. The highest BCUT2D eigenvalue weighted by Crippen LogP contribution is 2.20. The Kier molecular flexibility index (Phi) is 5.08. The number of amides is 2. The van der Waals surface area contributed by atoms with Crippen LogP contribution in [0.15, 0.2) is 48.5 Å². The smallest absolute Gasteiger partial charge is 0.251 e. The predicted molar refractivity (Wildman–Crippen MR) is 80.4 cm³/mol. The number of nitrogens with one attached hydrogen (secondary N) is 2. The molecule has 6 heteroatoms. The summed E-state index contributed by atoms with van der Waals surface area (Å²) in [5, 5.41) is 4.98. The molecule has 0 atom stereocenters. The van der Waals surface area contributed by atoms with Crippen LogP contribution >= 0.6 is 0 Å². The van der Waals surface area contributed by atoms with Gasteiger partial charge in [0.1, 0.15) is 0 Å². The molecule has 0 saturated carbocycles. The number of hydrogen-bond acceptors (Lipinski definition) is 3. The van der Waals surface area contributed by atoms with E-state index in [-0.39, 0.29) is 23.9 Å². The lowest BCUT2D eigenvalue weighted by Gasteiger charge is -2.08. The van der Waals surface area contributed by atoms with Crippen LogP contribution in [0.3, 0.4) is 0 Å². The molecule has 2 N–H and O–H groups in total. The molecule has 0 heterocycles. The molecule has 0 bridgehead atoms. The van der Waals surface area contributed by atoms with Crippen LogP contribution in [0.25, 0.3) is 0 Å². The molecular formula is C16H15FN2O3. The van der Waals surface area contributed by atoms with E-state index in [1.54, 1.807) is 30.3 Å². The highest BCUT2D eigenvalue weighted by Gasteiger charge is 2.09. The second-order valence-electron chi connectivity index (χ2n) is 4.45. The predicted octanol–water partition coefficient (Wildman–Crippen LogP) is 2.20. The van der Waals surface area contributed by atoms with Gasteiger partial charge in [-0.2, -0.15) is 0 Å². The molecule has 0 aliphatic heterocycles. The van der Waals surface area contributed by atoms with Gasteiger partial charge in [-0.15, -0.1) is 0 Å². The first-order valence-electron chi connectivity index (χ1n) is 6.57. The van der Waals surface area contributed by atoms with Gasteiger partial charge < -0.3 is 15.4 Å². The number of halogens is 1. The minimum atomic E-state index is -0.575. The van der Waals surface area contributed by atoms with Crippen LogP contribution in [-0.2, 0) is 4.79 Å². The van der Waals surface area contributed by atoms with Crippen molar-refractivity contribution in [3.8, 4) is 5.75 Å². The summed E-state index contributed by atoms with van der Waals surface area (Å²) in [7, 11) is 1.36. The summed E-state index contributed by atoms with van der Waals surface area (Å²) in [6.07, 6.45) is 0. The van der Waals surface area contributed by atoms with E-state index in [1.165, 1.54) is 19.2 Å². The number of methoxy groups -OCH3 is 1. The summed E-state index contributed by atoms with van der Waals surface area (Å²) in [4.78, 5) is 23.5. The van der Waals surface area contributed by atoms with Crippen LogP contribution in [0, 0.1) is 5.82 Å². The third-order valence-corrected chi connectivity index (χ3v) is 2.88. The van der Waals surface area contributed by atoms with Gasteiger partial charge >= 0.3 is 0 Å². The van der Waals surface area contributed by atoms with Crippen molar-refractivity contribution in [3.05, 3.63) is 59.9 Å². The van der Waals surface area contributed by atoms with Gasteiger partial charge in [-0.1, -0.05) is 18.2 Å². The zero-order valence-electron chi connectivity index (χ0n) is 11.9. The Hall–Kier alpha value is -2.89. The summed E-state index contributed by atoms with van der Waals surface area (Å²) < 4.78 is 18.3. The lowest BCUT2D eigenvalue weighted by atomic mass is 10.2. The minimum absolute atomic E-state index is 0.0929. The topological polar surface area (TPSA) is 67.4 Å². The van der Waals surface area contributed by atoms with E-state index < -0.39 is 11.7 Å². The van der Waals surface area contributed by atoms with E-state index in [2.05, 4.69) is 10.6 Å². The molecule has 2 amide bonds. The number of carbonyl (C=O) groups is 2. The Morgan fingerprint density at radius 1 is 1.14 bits per heavy atom. The van der Waals surface area contributed by atoms with Crippen LogP contribution < -0.4 is 15.4 Å². The van der Waals surface area contributed by atoms with Gasteiger partial charge in [-0.05, 0) is 24.3 Å². The Morgan fingerprint density at radius 3 is 2.50 bits per heavy atom. The largest absolute Gasteiger partial charge is 0.494 e. The summed E-state index contributed by atoms with van der Waals surface area (Å²) in [6.45, 7) is -0.207. The van der Waals surface area contributed by atoms with Gasteiger partial charge in [-0.3, -0.25) is 9.59 Å². The third kappa shape index (κ3) is 4.05. The maximum Gasteiger partial charge on any atom is 0.251 e. The van der Waals surface area contributed by atoms with Crippen molar-refractivity contribution in [2.45, 2.75) is 0 Å². The minimum Gasteiger partial charge on any atom is -0.494 e. The van der Waals surface area contributed by atoms with E-state index in [0.717, 1.165) is 6.07 Å². The fraction of sp³-hybridized carbons (Fsp3) is 0.125. The standard InChI is InChI=1S/C16H15FN2O3/c1-22-14-8-7-12(9-13(14)17)19-15(20)10-18-16(21)11-5-3-2-4-6-11/h2-9H,10H2,1H3,(H,18,21)(H,19,20). The van der Waals surface area contributed by atoms with Crippen LogP contribution in [0.5, 0.6) is 5.75 Å². The van der Waals surface area contributed by atoms with Gasteiger partial charge in [0.05, 0.1) is 13.7 Å². The Morgan fingerprint density at radius 2 is 1.86 bits per heavy atom. The van der Waals surface area contributed by atoms with E-state index in [4.69, 9.17) is 4.74 Å². The van der Waals surface area contributed by atoms with Crippen molar-refractivity contribution in [1.82, 2.24) is 5.32 Å². The van der Waals surface area contributed by atoms with Crippen molar-refractivity contribution >= 4 is 17.5 Å². The van der Waals surface area contributed by atoms with E-state index in [0.29, 0.717) is 5.56 Å². The number of ether oxygens (including phenoxy) is 1. The Bertz CT molecular complexity index is 674. The lowest BCUT2D eigenvalue weighted by molar-refractivity contribution is -0.115. The molecule has 114 valence electrons. The SMILES string of the molecule is COc1ccc(NC(=O)CNC(=O)c2ccccc2)cc1F. The maximum absolute atomic E-state index is 13.5. The number of hydrogen-bond donors (Lipinski definition) is 2. The second-order valence-corrected chi connectivity index (χ2v) is 4.45. The van der Waals surface area contributed by atoms with Crippen LogP contribution in [0.2, 0.25) is 0 Å². The Labute approximate surface area is 127 Å². The molecule has 0 radical (unpaired) electrons. The van der Waals surface area contributed by atoms with E-state index in [9.17, 15) is 14.0 Å². The van der Waals surface area contributed by atoms with E-state index in [1.807, 2.05) is 0 Å². The fourth-order valence-electron chi connectivity index (χ4n) is 1.80. The maximum atomic E-state index is 13.5. The summed E-state index contributed by atoms with van der Waals surface area (Å²) in [5.74, 6) is -1.28. The third-order valence-electron chi connectivity index (χ3n) is 2.88. The van der Waals surface area contributed by atoms with Gasteiger partial charge in [0.15, 0.2) is 11.6 Å². The molecule has 0 saturated heterocycles. The fourth-order valence-corrected chi connectivity index (χ4v) is 1.80. The molecule has 2 rings (SSSR count). The van der Waals surface area contributed by atoms with E-state index >= 15 is 0 Å². The van der Waals surface area contributed by atoms with Gasteiger partial charge in [0.2, 0.25) is 5.91 Å². The molecule has 0 spiro atoms. The molecule has 2 aromatic rings. The van der Waals surface area contributed by atoms with Crippen molar-refractivity contribution in [3.63, 3.8) is 0 Å². The number of carbonyl (C=O) groups excluding carboxylic acids is 2. The molecule has 0 aliphatic carbocycles. The molecule has 2 aromatic carbocycles. The molecule has 0 unspecified atom stereocenters. The lowest BCUT2D eigenvalue weighted by Crippen LogP contribution is -2.32. The highest BCUT2D eigenvalue weighted by atomic mass is 19.1. The number of rotatable bonds is 5. The summed E-state index contributed by atoms with van der Waals surface area (Å²) in [5.41, 5.74) is 0.753. The first-order chi connectivity index (χ1) is 10.6. The monoisotopic (exact) mass is 302 g/mol. The van der Waals surface area contributed by atoms with Gasteiger partial charge in [0, 0.05) is 17.3 Å². The van der Waals surface area contributed by atoms with Crippen LogP contribution in [0.1, 0.15) is 10.4 Å². The molecular weight excluding hydrogens is 287 g/mol. The van der Waals surface area contributed by atoms with Gasteiger partial charge in [0.25, 0.3) is 5.91 Å². The summed E-state index contributed by atoms with van der Waals surface area (Å²) in [6, 6.07) is 12.6. The van der Waals surface area contributed by atoms with Crippen molar-refractivity contribution in [1.29, 1.82) is 0 Å². The van der Waals surface area contributed by atoms with Crippen molar-refractivity contribution in [2.24, 2.45) is 0 Å².